The van der Waals surface area contributed by atoms with Gasteiger partial charge >= 0.3 is 0 Å². The third-order valence-corrected chi connectivity index (χ3v) is 3.59. The standard InChI is InChI=1S/C10H15BrN2O/c1-13-10(11)9(7-12-13)14-8-5-3-2-4-6-8/h7-8H,2-6H2,1H3. The Labute approximate surface area is 92.6 Å². The summed E-state index contributed by atoms with van der Waals surface area (Å²) < 4.78 is 8.59. The summed E-state index contributed by atoms with van der Waals surface area (Å²) in [6.45, 7) is 0. The summed E-state index contributed by atoms with van der Waals surface area (Å²) in [5.41, 5.74) is 0. The molecule has 78 valence electrons. The Morgan fingerprint density at radius 2 is 2.14 bits per heavy atom. The monoisotopic (exact) mass is 258 g/mol. The first-order valence-corrected chi connectivity index (χ1v) is 5.91. The van der Waals surface area contributed by atoms with E-state index in [2.05, 4.69) is 21.0 Å². The Morgan fingerprint density at radius 1 is 1.43 bits per heavy atom. The molecule has 1 aliphatic rings. The van der Waals surface area contributed by atoms with Gasteiger partial charge in [-0.2, -0.15) is 5.10 Å². The van der Waals surface area contributed by atoms with E-state index in [4.69, 9.17) is 4.74 Å². The molecule has 0 aromatic carbocycles. The molecule has 0 spiro atoms. The lowest BCUT2D eigenvalue weighted by Gasteiger charge is -2.22. The lowest BCUT2D eigenvalue weighted by molar-refractivity contribution is 0.154. The summed E-state index contributed by atoms with van der Waals surface area (Å²) >= 11 is 3.45. The smallest absolute Gasteiger partial charge is 0.172 e. The van der Waals surface area contributed by atoms with Gasteiger partial charge in [-0.05, 0) is 41.6 Å². The Hall–Kier alpha value is -0.510. The molecule has 0 radical (unpaired) electrons. The average molecular weight is 259 g/mol. The predicted octanol–water partition coefficient (Wildman–Crippen LogP) is 2.89. The van der Waals surface area contributed by atoms with Crippen molar-refractivity contribution in [3.63, 3.8) is 0 Å². The number of hydrogen-bond donors (Lipinski definition) is 0. The molecule has 3 nitrogen and oxygen atoms in total. The normalized spacial score (nSPS) is 18.4. The van der Waals surface area contributed by atoms with Gasteiger partial charge in [0, 0.05) is 7.05 Å². The summed E-state index contributed by atoms with van der Waals surface area (Å²) in [5, 5.41) is 4.13. The fourth-order valence-corrected chi connectivity index (χ4v) is 2.13. The molecule has 2 rings (SSSR count). The Balaban J connectivity index is 1.99. The van der Waals surface area contributed by atoms with Crippen LogP contribution in [0.1, 0.15) is 32.1 Å². The van der Waals surface area contributed by atoms with Crippen molar-refractivity contribution in [3.05, 3.63) is 10.8 Å². The SMILES string of the molecule is Cn1ncc(OC2CCCCC2)c1Br. The molecule has 0 saturated heterocycles. The van der Waals surface area contributed by atoms with Gasteiger partial charge < -0.3 is 4.74 Å². The summed E-state index contributed by atoms with van der Waals surface area (Å²) in [6.07, 6.45) is 8.48. The highest BCUT2D eigenvalue weighted by molar-refractivity contribution is 9.10. The number of aromatic nitrogens is 2. The van der Waals surface area contributed by atoms with E-state index in [1.54, 1.807) is 10.9 Å². The van der Waals surface area contributed by atoms with Crippen LogP contribution in [0.3, 0.4) is 0 Å². The number of halogens is 1. The van der Waals surface area contributed by atoms with E-state index in [-0.39, 0.29) is 0 Å². The molecule has 0 amide bonds. The molecule has 1 fully saturated rings. The number of ether oxygens (including phenoxy) is 1. The minimum atomic E-state index is 0.393. The first-order valence-electron chi connectivity index (χ1n) is 5.11. The molecule has 0 bridgehead atoms. The minimum Gasteiger partial charge on any atom is -0.486 e. The highest BCUT2D eigenvalue weighted by atomic mass is 79.9. The zero-order valence-corrected chi connectivity index (χ0v) is 9.96. The zero-order chi connectivity index (χ0) is 9.97. The average Bonchev–Trinajstić information content (AvgIpc) is 2.52. The van der Waals surface area contributed by atoms with Crippen molar-refractivity contribution in [1.82, 2.24) is 9.78 Å². The molecule has 1 saturated carbocycles. The van der Waals surface area contributed by atoms with Crippen molar-refractivity contribution < 1.29 is 4.74 Å². The fourth-order valence-electron chi connectivity index (χ4n) is 1.84. The Morgan fingerprint density at radius 3 is 2.71 bits per heavy atom. The van der Waals surface area contributed by atoms with E-state index in [9.17, 15) is 0 Å². The van der Waals surface area contributed by atoms with E-state index in [1.165, 1.54) is 32.1 Å². The molecule has 1 aromatic heterocycles. The Bertz CT molecular complexity index is 305. The molecule has 1 aliphatic carbocycles. The largest absolute Gasteiger partial charge is 0.486 e. The molecule has 0 atom stereocenters. The van der Waals surface area contributed by atoms with Crippen molar-refractivity contribution in [2.75, 3.05) is 0 Å². The lowest BCUT2D eigenvalue weighted by Crippen LogP contribution is -2.19. The summed E-state index contributed by atoms with van der Waals surface area (Å²) in [4.78, 5) is 0. The van der Waals surface area contributed by atoms with Crippen molar-refractivity contribution in [3.8, 4) is 5.75 Å². The second-order valence-corrected chi connectivity index (χ2v) is 4.55. The predicted molar refractivity (Wildman–Crippen MR) is 58.4 cm³/mol. The minimum absolute atomic E-state index is 0.393. The Kier molecular flexibility index (Phi) is 3.11. The van der Waals surface area contributed by atoms with Gasteiger partial charge in [0.2, 0.25) is 0 Å². The third-order valence-electron chi connectivity index (χ3n) is 2.68. The van der Waals surface area contributed by atoms with Crippen molar-refractivity contribution in [2.45, 2.75) is 38.2 Å². The van der Waals surface area contributed by atoms with E-state index in [0.717, 1.165) is 10.4 Å². The second kappa shape index (κ2) is 4.34. The third kappa shape index (κ3) is 2.11. The van der Waals surface area contributed by atoms with Crippen LogP contribution in [-0.4, -0.2) is 15.9 Å². The van der Waals surface area contributed by atoms with Gasteiger partial charge in [0.1, 0.15) is 4.60 Å². The quantitative estimate of drug-likeness (QED) is 0.816. The van der Waals surface area contributed by atoms with E-state index in [1.807, 2.05) is 7.05 Å². The molecule has 0 N–H and O–H groups in total. The lowest BCUT2D eigenvalue weighted by atomic mass is 9.98. The molecule has 0 aliphatic heterocycles. The van der Waals surface area contributed by atoms with E-state index >= 15 is 0 Å². The van der Waals surface area contributed by atoms with Crippen LogP contribution >= 0.6 is 15.9 Å². The maximum atomic E-state index is 5.88. The summed E-state index contributed by atoms with van der Waals surface area (Å²) in [7, 11) is 1.90. The molecule has 14 heavy (non-hydrogen) atoms. The van der Waals surface area contributed by atoms with E-state index < -0.39 is 0 Å². The summed E-state index contributed by atoms with van der Waals surface area (Å²) in [5.74, 6) is 0.874. The van der Waals surface area contributed by atoms with Crippen LogP contribution in [0.2, 0.25) is 0 Å². The van der Waals surface area contributed by atoms with Gasteiger partial charge in [0.15, 0.2) is 5.75 Å². The molecule has 1 heterocycles. The van der Waals surface area contributed by atoms with Gasteiger partial charge in [-0.1, -0.05) is 6.42 Å². The van der Waals surface area contributed by atoms with Crippen LogP contribution < -0.4 is 4.74 Å². The van der Waals surface area contributed by atoms with E-state index in [0.29, 0.717) is 6.10 Å². The van der Waals surface area contributed by atoms with Crippen LogP contribution in [-0.2, 0) is 7.05 Å². The van der Waals surface area contributed by atoms with Crippen LogP contribution in [0, 0.1) is 0 Å². The van der Waals surface area contributed by atoms with Crippen LogP contribution in [0.4, 0.5) is 0 Å². The fraction of sp³-hybridized carbons (Fsp3) is 0.700. The van der Waals surface area contributed by atoms with Gasteiger partial charge in [-0.25, -0.2) is 0 Å². The first kappa shape index (κ1) is 10.0. The van der Waals surface area contributed by atoms with Crippen molar-refractivity contribution in [2.24, 2.45) is 7.05 Å². The zero-order valence-electron chi connectivity index (χ0n) is 8.37. The first-order chi connectivity index (χ1) is 6.77. The number of aryl methyl sites for hydroxylation is 1. The molecular weight excluding hydrogens is 244 g/mol. The molecular formula is C10H15BrN2O. The summed E-state index contributed by atoms with van der Waals surface area (Å²) in [6, 6.07) is 0. The number of nitrogens with zero attached hydrogens (tertiary/aromatic N) is 2. The van der Waals surface area contributed by atoms with Crippen LogP contribution in [0.5, 0.6) is 5.75 Å². The number of hydrogen-bond acceptors (Lipinski definition) is 2. The maximum absolute atomic E-state index is 5.88. The molecule has 4 heteroatoms. The second-order valence-electron chi connectivity index (χ2n) is 3.80. The number of rotatable bonds is 2. The topological polar surface area (TPSA) is 27.1 Å². The van der Waals surface area contributed by atoms with Crippen LogP contribution in [0.25, 0.3) is 0 Å². The highest BCUT2D eigenvalue weighted by Gasteiger charge is 2.17. The van der Waals surface area contributed by atoms with Gasteiger partial charge in [-0.3, -0.25) is 4.68 Å². The van der Waals surface area contributed by atoms with Gasteiger partial charge in [-0.15, -0.1) is 0 Å². The highest BCUT2D eigenvalue weighted by Crippen LogP contribution is 2.28. The van der Waals surface area contributed by atoms with Crippen molar-refractivity contribution in [1.29, 1.82) is 0 Å². The molecule has 0 unspecified atom stereocenters. The van der Waals surface area contributed by atoms with Crippen LogP contribution in [0.15, 0.2) is 10.8 Å². The van der Waals surface area contributed by atoms with Crippen molar-refractivity contribution >= 4 is 15.9 Å². The maximum Gasteiger partial charge on any atom is 0.172 e. The molecule has 1 aromatic rings. The van der Waals surface area contributed by atoms with Gasteiger partial charge in [0.05, 0.1) is 12.3 Å². The van der Waals surface area contributed by atoms with Gasteiger partial charge in [0.25, 0.3) is 0 Å².